The minimum atomic E-state index is -0.259. The maximum absolute atomic E-state index is 12.7. The van der Waals surface area contributed by atoms with Crippen molar-refractivity contribution in [1.29, 1.82) is 5.26 Å². The fourth-order valence-electron chi connectivity index (χ4n) is 5.12. The zero-order valence-electron chi connectivity index (χ0n) is 21.1. The van der Waals surface area contributed by atoms with E-state index < -0.39 is 0 Å². The van der Waals surface area contributed by atoms with E-state index in [4.69, 9.17) is 0 Å². The molecule has 0 radical (unpaired) electrons. The first-order valence-corrected chi connectivity index (χ1v) is 13.0. The second kappa shape index (κ2) is 9.63. The van der Waals surface area contributed by atoms with E-state index in [1.54, 1.807) is 17.6 Å². The molecule has 5 rings (SSSR count). The minimum Gasteiger partial charge on any atom is -0.319 e. The lowest BCUT2D eigenvalue weighted by Crippen LogP contribution is -2.17. The van der Waals surface area contributed by atoms with Crippen LogP contribution in [0.5, 0.6) is 0 Å². The minimum absolute atomic E-state index is 0.259. The molecule has 1 aliphatic carbocycles. The molecule has 3 aromatic heterocycles. The summed E-state index contributed by atoms with van der Waals surface area (Å²) in [5.74, 6) is -0.259. The summed E-state index contributed by atoms with van der Waals surface area (Å²) in [4.78, 5) is 14.0. The molecule has 6 nitrogen and oxygen atoms in total. The molecule has 1 amide bonds. The Bertz CT molecular complexity index is 1510. The molecule has 0 unspecified atom stereocenters. The third-order valence-corrected chi connectivity index (χ3v) is 8.24. The molecule has 182 valence electrons. The molecule has 0 spiro atoms. The number of nitriles is 1. The number of amides is 1. The summed E-state index contributed by atoms with van der Waals surface area (Å²) in [6.07, 6.45) is 6.05. The highest BCUT2D eigenvalue weighted by molar-refractivity contribution is 7.15. The summed E-state index contributed by atoms with van der Waals surface area (Å²) in [6.45, 7) is 8.19. The van der Waals surface area contributed by atoms with Crippen molar-refractivity contribution in [2.45, 2.75) is 53.4 Å². The Morgan fingerprint density at radius 2 is 1.69 bits per heavy atom. The van der Waals surface area contributed by atoms with Gasteiger partial charge in [0.25, 0.3) is 5.91 Å². The van der Waals surface area contributed by atoms with E-state index in [1.807, 2.05) is 44.2 Å². The van der Waals surface area contributed by atoms with Crippen LogP contribution in [-0.2, 0) is 12.8 Å². The molecule has 36 heavy (non-hydrogen) atoms. The van der Waals surface area contributed by atoms with Crippen molar-refractivity contribution < 1.29 is 4.79 Å². The Hall–Kier alpha value is -3.89. The van der Waals surface area contributed by atoms with E-state index in [-0.39, 0.29) is 5.91 Å². The number of aryl methyl sites for hydroxylation is 4. The molecular weight excluding hydrogens is 466 g/mol. The third-order valence-electron chi connectivity index (χ3n) is 6.97. The van der Waals surface area contributed by atoms with Crippen LogP contribution in [0, 0.1) is 39.0 Å². The van der Waals surface area contributed by atoms with Crippen LogP contribution in [0.4, 0.5) is 0 Å². The van der Waals surface area contributed by atoms with E-state index >= 15 is 0 Å². The van der Waals surface area contributed by atoms with Crippen LogP contribution in [0.15, 0.2) is 47.6 Å². The molecule has 1 aromatic carbocycles. The van der Waals surface area contributed by atoms with Gasteiger partial charge in [-0.25, -0.2) is 5.43 Å². The fourth-order valence-corrected chi connectivity index (χ4v) is 6.57. The average Bonchev–Trinajstić information content (AvgIpc) is 3.50. The van der Waals surface area contributed by atoms with Crippen LogP contribution in [0.1, 0.15) is 67.5 Å². The second-order valence-electron chi connectivity index (χ2n) is 9.36. The quantitative estimate of drug-likeness (QED) is 0.269. The lowest BCUT2D eigenvalue weighted by molar-refractivity contribution is 0.0955. The van der Waals surface area contributed by atoms with Crippen LogP contribution >= 0.6 is 11.3 Å². The van der Waals surface area contributed by atoms with E-state index in [0.29, 0.717) is 5.56 Å². The highest BCUT2D eigenvalue weighted by Gasteiger charge is 2.23. The topological polar surface area (TPSA) is 75.1 Å². The average molecular weight is 496 g/mol. The van der Waals surface area contributed by atoms with Crippen molar-refractivity contribution in [3.8, 4) is 16.8 Å². The standard InChI is InChI=1S/C29H29N5OS/c1-18-9-10-19(2)33(18)24-13-11-22(12-14-24)28(35)32-31-17-23-15-20(3)34(21(23)4)29-26(16-30)25-7-5-6-8-27(25)36-29/h9-15,17H,5-8H2,1-4H3,(H,32,35)/b31-17+. The van der Waals surface area contributed by atoms with Gasteiger partial charge in [-0.05, 0) is 101 Å². The molecule has 3 heterocycles. The number of carbonyl (C=O) groups is 1. The van der Waals surface area contributed by atoms with E-state index in [9.17, 15) is 10.1 Å². The summed E-state index contributed by atoms with van der Waals surface area (Å²) in [5, 5.41) is 15.1. The summed E-state index contributed by atoms with van der Waals surface area (Å²) >= 11 is 1.73. The number of rotatable bonds is 5. The zero-order valence-corrected chi connectivity index (χ0v) is 21.9. The Labute approximate surface area is 215 Å². The fraction of sp³-hybridized carbons (Fsp3) is 0.276. The Morgan fingerprint density at radius 3 is 2.39 bits per heavy atom. The highest BCUT2D eigenvalue weighted by atomic mass is 32.1. The van der Waals surface area contributed by atoms with Gasteiger partial charge >= 0.3 is 0 Å². The highest BCUT2D eigenvalue weighted by Crippen LogP contribution is 2.38. The Kier molecular flexibility index (Phi) is 6.38. The first kappa shape index (κ1) is 23.8. The van der Waals surface area contributed by atoms with Crippen molar-refractivity contribution in [1.82, 2.24) is 14.6 Å². The van der Waals surface area contributed by atoms with Crippen molar-refractivity contribution in [3.05, 3.63) is 92.4 Å². The van der Waals surface area contributed by atoms with Gasteiger partial charge in [-0.1, -0.05) is 0 Å². The number of carbonyl (C=O) groups excluding carboxylic acids is 1. The number of fused-ring (bicyclic) bond motifs is 1. The van der Waals surface area contributed by atoms with Gasteiger partial charge < -0.3 is 9.13 Å². The molecule has 0 aliphatic heterocycles. The number of nitrogens with one attached hydrogen (secondary N) is 1. The summed E-state index contributed by atoms with van der Waals surface area (Å²) in [5.41, 5.74) is 11.5. The van der Waals surface area contributed by atoms with Gasteiger partial charge in [-0.2, -0.15) is 10.4 Å². The van der Waals surface area contributed by atoms with Crippen LogP contribution in [0.3, 0.4) is 0 Å². The zero-order chi connectivity index (χ0) is 25.4. The van der Waals surface area contributed by atoms with Crippen LogP contribution < -0.4 is 5.43 Å². The molecule has 0 bridgehead atoms. The van der Waals surface area contributed by atoms with Gasteiger partial charge in [-0.3, -0.25) is 4.79 Å². The smallest absolute Gasteiger partial charge is 0.271 e. The molecule has 0 atom stereocenters. The first-order chi connectivity index (χ1) is 17.4. The first-order valence-electron chi connectivity index (χ1n) is 12.2. The van der Waals surface area contributed by atoms with Crippen molar-refractivity contribution in [3.63, 3.8) is 0 Å². The number of hydrazone groups is 1. The number of nitrogens with zero attached hydrogens (tertiary/aromatic N) is 4. The lowest BCUT2D eigenvalue weighted by atomic mass is 9.96. The summed E-state index contributed by atoms with van der Waals surface area (Å²) in [6, 6.07) is 16.2. The normalized spacial score (nSPS) is 13.1. The number of aromatic nitrogens is 2. The van der Waals surface area contributed by atoms with Crippen LogP contribution in [0.25, 0.3) is 10.7 Å². The van der Waals surface area contributed by atoms with E-state index in [2.05, 4.69) is 51.7 Å². The SMILES string of the molecule is Cc1ccc(C)n1-c1ccc(C(=O)N/N=C/c2cc(C)n(-c3sc4c(c3C#N)CCCC4)c2C)cc1. The summed E-state index contributed by atoms with van der Waals surface area (Å²) < 4.78 is 4.30. The van der Waals surface area contributed by atoms with E-state index in [1.165, 1.54) is 16.9 Å². The van der Waals surface area contributed by atoms with Crippen molar-refractivity contribution in [2.75, 3.05) is 0 Å². The van der Waals surface area contributed by atoms with Crippen LogP contribution in [0.2, 0.25) is 0 Å². The lowest BCUT2D eigenvalue weighted by Gasteiger charge is -2.10. The molecule has 1 N–H and O–H groups in total. The number of benzene rings is 1. The van der Waals surface area contributed by atoms with Gasteiger partial charge in [0.05, 0.1) is 11.8 Å². The monoisotopic (exact) mass is 495 g/mol. The maximum Gasteiger partial charge on any atom is 0.271 e. The van der Waals surface area contributed by atoms with Gasteiger partial charge in [0.2, 0.25) is 0 Å². The van der Waals surface area contributed by atoms with Gasteiger partial charge in [0.1, 0.15) is 11.1 Å². The van der Waals surface area contributed by atoms with Crippen molar-refractivity contribution >= 4 is 23.5 Å². The molecule has 0 saturated heterocycles. The largest absolute Gasteiger partial charge is 0.319 e. The van der Waals surface area contributed by atoms with Gasteiger partial charge in [0.15, 0.2) is 0 Å². The van der Waals surface area contributed by atoms with E-state index in [0.717, 1.165) is 63.9 Å². The molecule has 1 aliphatic rings. The molecular formula is C29H29N5OS. The number of thiophene rings is 1. The molecule has 4 aromatic rings. The molecule has 7 heteroatoms. The maximum atomic E-state index is 12.7. The third kappa shape index (κ3) is 4.18. The molecule has 0 fully saturated rings. The predicted octanol–water partition coefficient (Wildman–Crippen LogP) is 6.08. The van der Waals surface area contributed by atoms with Crippen LogP contribution in [-0.4, -0.2) is 21.3 Å². The van der Waals surface area contributed by atoms with Gasteiger partial charge in [0, 0.05) is 44.5 Å². The van der Waals surface area contributed by atoms with Crippen molar-refractivity contribution in [2.24, 2.45) is 5.10 Å². The number of hydrogen-bond acceptors (Lipinski definition) is 4. The molecule has 0 saturated carbocycles. The van der Waals surface area contributed by atoms with Gasteiger partial charge in [-0.15, -0.1) is 11.3 Å². The summed E-state index contributed by atoms with van der Waals surface area (Å²) in [7, 11) is 0. The predicted molar refractivity (Wildman–Crippen MR) is 145 cm³/mol. The Morgan fingerprint density at radius 1 is 1.00 bits per heavy atom. The second-order valence-corrected chi connectivity index (χ2v) is 10.4. The Balaban J connectivity index is 1.33. The number of hydrogen-bond donors (Lipinski definition) is 1.